The highest BCUT2D eigenvalue weighted by Gasteiger charge is 2.21. The average molecular weight is 220 g/mol. The molecule has 0 aliphatic carbocycles. The minimum Gasteiger partial charge on any atom is -0.393 e. The van der Waals surface area contributed by atoms with Gasteiger partial charge in [-0.15, -0.1) is 0 Å². The lowest BCUT2D eigenvalue weighted by Gasteiger charge is -2.12. The van der Waals surface area contributed by atoms with Gasteiger partial charge in [0.05, 0.1) is 6.42 Å². The molecular weight excluding hydrogens is 208 g/mol. The second-order valence-electron chi connectivity index (χ2n) is 3.00. The molecule has 0 bridgehead atoms. The zero-order valence-corrected chi connectivity index (χ0v) is 8.10. The Morgan fingerprint density at radius 2 is 1.67 bits per heavy atom. The van der Waals surface area contributed by atoms with Gasteiger partial charge in [0.1, 0.15) is 12.2 Å². The van der Waals surface area contributed by atoms with Gasteiger partial charge in [-0.05, 0) is 6.92 Å². The van der Waals surface area contributed by atoms with Gasteiger partial charge in [0.2, 0.25) is 0 Å². The summed E-state index contributed by atoms with van der Waals surface area (Å²) in [4.78, 5) is 32.0. The summed E-state index contributed by atoms with van der Waals surface area (Å²) >= 11 is 0. The lowest BCUT2D eigenvalue weighted by atomic mass is 10.3. The maximum atomic E-state index is 10.8. The molecule has 86 valence electrons. The first kappa shape index (κ1) is 13.7. The monoisotopic (exact) mass is 220 g/mol. The van der Waals surface area contributed by atoms with Crippen LogP contribution in [0.3, 0.4) is 0 Å². The van der Waals surface area contributed by atoms with Gasteiger partial charge in [0, 0.05) is 6.42 Å². The van der Waals surface area contributed by atoms with Crippen LogP contribution in [-0.2, 0) is 19.1 Å². The summed E-state index contributed by atoms with van der Waals surface area (Å²) in [5.74, 6) is -5.47. The quantitative estimate of drug-likeness (QED) is 0.291. The lowest BCUT2D eigenvalue weighted by molar-refractivity contribution is -0.314. The summed E-state index contributed by atoms with van der Waals surface area (Å²) in [6.07, 6.45) is -1.75. The number of ether oxygens (including phenoxy) is 1. The standard InChI is InChI=1S/C8H12O7/c1-5(9)4-7(11)15-6(10)2-3-8(12,13)14/h12-14H,2-4H2,1H3. The number of carbonyl (C=O) groups is 3. The van der Waals surface area contributed by atoms with E-state index < -0.39 is 43.0 Å². The number of aliphatic hydroxyl groups is 3. The highest BCUT2D eigenvalue weighted by atomic mass is 16.7. The molecule has 0 saturated carbocycles. The predicted molar refractivity (Wildman–Crippen MR) is 45.0 cm³/mol. The molecule has 0 amide bonds. The molecule has 0 unspecified atom stereocenters. The van der Waals surface area contributed by atoms with Crippen molar-refractivity contribution in [2.75, 3.05) is 0 Å². The molecule has 0 heterocycles. The molecule has 3 N–H and O–H groups in total. The highest BCUT2D eigenvalue weighted by molar-refractivity contribution is 5.98. The Morgan fingerprint density at radius 3 is 2.07 bits per heavy atom. The Morgan fingerprint density at radius 1 is 1.13 bits per heavy atom. The maximum Gasteiger partial charge on any atom is 0.320 e. The molecule has 7 nitrogen and oxygen atoms in total. The predicted octanol–water partition coefficient (Wildman–Crippen LogP) is -1.55. The van der Waals surface area contributed by atoms with Crippen molar-refractivity contribution >= 4 is 17.7 Å². The van der Waals surface area contributed by atoms with Gasteiger partial charge in [-0.3, -0.25) is 14.4 Å². The van der Waals surface area contributed by atoms with E-state index in [9.17, 15) is 14.4 Å². The Hall–Kier alpha value is -1.31. The minimum absolute atomic E-state index is 0.450. The Kier molecular flexibility index (Phi) is 5.06. The summed E-state index contributed by atoms with van der Waals surface area (Å²) in [6.45, 7) is 1.16. The van der Waals surface area contributed by atoms with Crippen molar-refractivity contribution in [3.8, 4) is 0 Å². The normalized spacial score (nSPS) is 10.9. The molecule has 0 aromatic heterocycles. The number of carbonyl (C=O) groups excluding carboxylic acids is 3. The number of hydrogen-bond acceptors (Lipinski definition) is 7. The zero-order chi connectivity index (χ0) is 12.1. The van der Waals surface area contributed by atoms with Crippen LogP contribution in [0.2, 0.25) is 0 Å². The van der Waals surface area contributed by atoms with E-state index >= 15 is 0 Å². The van der Waals surface area contributed by atoms with Crippen molar-refractivity contribution in [1.29, 1.82) is 0 Å². The van der Waals surface area contributed by atoms with E-state index in [0.717, 1.165) is 6.92 Å². The Labute approximate surface area is 85.3 Å². The number of rotatable bonds is 5. The van der Waals surface area contributed by atoms with E-state index in [1.165, 1.54) is 0 Å². The molecule has 0 aliphatic heterocycles. The van der Waals surface area contributed by atoms with Gasteiger partial charge in [0.15, 0.2) is 0 Å². The third-order valence-corrected chi connectivity index (χ3v) is 1.29. The van der Waals surface area contributed by atoms with E-state index in [0.29, 0.717) is 0 Å². The van der Waals surface area contributed by atoms with Crippen molar-refractivity contribution < 1.29 is 34.4 Å². The zero-order valence-electron chi connectivity index (χ0n) is 8.10. The van der Waals surface area contributed by atoms with Crippen LogP contribution in [0.25, 0.3) is 0 Å². The lowest BCUT2D eigenvalue weighted by Crippen LogP contribution is -2.28. The molecule has 7 heteroatoms. The van der Waals surface area contributed by atoms with Crippen LogP contribution >= 0.6 is 0 Å². The first-order valence-electron chi connectivity index (χ1n) is 4.11. The van der Waals surface area contributed by atoms with Crippen molar-refractivity contribution in [3.05, 3.63) is 0 Å². The number of ketones is 1. The summed E-state index contributed by atoms with van der Waals surface area (Å²) in [6, 6.07) is 0. The third-order valence-electron chi connectivity index (χ3n) is 1.29. The third kappa shape index (κ3) is 9.01. The number of hydrogen-bond donors (Lipinski definition) is 3. The minimum atomic E-state index is -2.97. The summed E-state index contributed by atoms with van der Waals surface area (Å²) in [5.41, 5.74) is 0. The number of Topliss-reactive ketones (excluding diaryl/α,β-unsaturated/α-hetero) is 1. The van der Waals surface area contributed by atoms with E-state index in [-0.39, 0.29) is 0 Å². The SMILES string of the molecule is CC(=O)CC(=O)OC(=O)CCC(O)(O)O. The van der Waals surface area contributed by atoms with Crippen molar-refractivity contribution in [1.82, 2.24) is 0 Å². The van der Waals surface area contributed by atoms with Crippen LogP contribution in [0.15, 0.2) is 0 Å². The second-order valence-corrected chi connectivity index (χ2v) is 3.00. The van der Waals surface area contributed by atoms with Crippen LogP contribution in [0, 0.1) is 0 Å². The molecule has 0 aromatic carbocycles. The van der Waals surface area contributed by atoms with Crippen LogP contribution < -0.4 is 0 Å². The average Bonchev–Trinajstić information content (AvgIpc) is 1.97. The van der Waals surface area contributed by atoms with Crippen molar-refractivity contribution in [3.63, 3.8) is 0 Å². The molecule has 0 aromatic rings. The fraction of sp³-hybridized carbons (Fsp3) is 0.625. The molecule has 0 saturated heterocycles. The fourth-order valence-corrected chi connectivity index (χ4v) is 0.687. The van der Waals surface area contributed by atoms with Gasteiger partial charge in [0.25, 0.3) is 5.97 Å². The van der Waals surface area contributed by atoms with E-state index in [4.69, 9.17) is 15.3 Å². The highest BCUT2D eigenvalue weighted by Crippen LogP contribution is 2.05. The largest absolute Gasteiger partial charge is 0.393 e. The first-order valence-corrected chi connectivity index (χ1v) is 4.11. The maximum absolute atomic E-state index is 10.8. The van der Waals surface area contributed by atoms with Crippen LogP contribution in [-0.4, -0.2) is 39.0 Å². The van der Waals surface area contributed by atoms with Gasteiger partial charge in [-0.25, -0.2) is 0 Å². The molecular formula is C8H12O7. The first-order chi connectivity index (χ1) is 6.70. The summed E-state index contributed by atoms with van der Waals surface area (Å²) in [5, 5.41) is 25.2. The molecule has 0 aliphatic rings. The molecule has 0 fully saturated rings. The molecule has 0 atom stereocenters. The van der Waals surface area contributed by atoms with Crippen molar-refractivity contribution in [2.24, 2.45) is 0 Å². The van der Waals surface area contributed by atoms with Crippen LogP contribution in [0.1, 0.15) is 26.2 Å². The van der Waals surface area contributed by atoms with Gasteiger partial charge in [-0.1, -0.05) is 0 Å². The van der Waals surface area contributed by atoms with E-state index in [1.807, 2.05) is 0 Å². The second kappa shape index (κ2) is 5.54. The fourth-order valence-electron chi connectivity index (χ4n) is 0.687. The molecule has 15 heavy (non-hydrogen) atoms. The van der Waals surface area contributed by atoms with E-state index in [2.05, 4.69) is 4.74 Å². The van der Waals surface area contributed by atoms with E-state index in [1.54, 1.807) is 0 Å². The Balaban J connectivity index is 3.84. The summed E-state index contributed by atoms with van der Waals surface area (Å²) in [7, 11) is 0. The van der Waals surface area contributed by atoms with Crippen LogP contribution in [0.5, 0.6) is 0 Å². The van der Waals surface area contributed by atoms with Gasteiger partial charge in [-0.2, -0.15) is 0 Å². The smallest absolute Gasteiger partial charge is 0.320 e. The number of esters is 2. The van der Waals surface area contributed by atoms with Crippen molar-refractivity contribution in [2.45, 2.75) is 32.2 Å². The van der Waals surface area contributed by atoms with Crippen LogP contribution in [0.4, 0.5) is 0 Å². The van der Waals surface area contributed by atoms with Gasteiger partial charge < -0.3 is 20.1 Å². The Bertz CT molecular complexity index is 263. The summed E-state index contributed by atoms with van der Waals surface area (Å²) < 4.78 is 4.12. The van der Waals surface area contributed by atoms with Gasteiger partial charge >= 0.3 is 11.9 Å². The topological polar surface area (TPSA) is 121 Å². The molecule has 0 rings (SSSR count). The molecule has 0 radical (unpaired) electrons. The molecule has 0 spiro atoms.